The first kappa shape index (κ1) is 23.9. The molecule has 0 aliphatic rings. The molecule has 0 saturated carbocycles. The molecule has 0 radical (unpaired) electrons. The van der Waals surface area contributed by atoms with Crippen molar-refractivity contribution in [2.75, 3.05) is 28.7 Å². The van der Waals surface area contributed by atoms with Crippen LogP contribution in [0.25, 0.3) is 0 Å². The molecule has 0 unspecified atom stereocenters. The van der Waals surface area contributed by atoms with Gasteiger partial charge in [0.25, 0.3) is 0 Å². The highest BCUT2D eigenvalue weighted by Gasteiger charge is 2.18. The van der Waals surface area contributed by atoms with Crippen LogP contribution in [0.1, 0.15) is 40.3 Å². The summed E-state index contributed by atoms with van der Waals surface area (Å²) in [7, 11) is 0. The molecular formula is C21H27N3O4S2. The van der Waals surface area contributed by atoms with Gasteiger partial charge in [0.05, 0.1) is 18.1 Å². The van der Waals surface area contributed by atoms with E-state index in [4.69, 9.17) is 4.74 Å². The molecule has 0 spiro atoms. The first-order chi connectivity index (χ1) is 14.2. The molecule has 0 bridgehead atoms. The number of carbonyl (C=O) groups excluding carboxylic acids is 3. The quantitative estimate of drug-likeness (QED) is 0.557. The van der Waals surface area contributed by atoms with Crippen LogP contribution in [0.4, 0.5) is 10.8 Å². The number of aromatic nitrogens is 1. The molecule has 2 aromatic rings. The van der Waals surface area contributed by atoms with Crippen LogP contribution < -0.4 is 10.6 Å². The van der Waals surface area contributed by atoms with E-state index in [-0.39, 0.29) is 34.9 Å². The van der Waals surface area contributed by atoms with Gasteiger partial charge < -0.3 is 15.4 Å². The Morgan fingerprint density at radius 1 is 1.07 bits per heavy atom. The largest absolute Gasteiger partial charge is 0.461 e. The molecule has 0 atom stereocenters. The third-order valence-electron chi connectivity index (χ3n) is 4.04. The summed E-state index contributed by atoms with van der Waals surface area (Å²) in [5.74, 6) is -0.450. The summed E-state index contributed by atoms with van der Waals surface area (Å²) in [5.41, 5.74) is 3.22. The van der Waals surface area contributed by atoms with E-state index in [1.807, 2.05) is 45.9 Å². The number of amides is 2. The lowest BCUT2D eigenvalue weighted by Crippen LogP contribution is -2.18. The van der Waals surface area contributed by atoms with E-state index in [0.29, 0.717) is 16.6 Å². The van der Waals surface area contributed by atoms with Gasteiger partial charge in [-0.3, -0.25) is 9.59 Å². The predicted molar refractivity (Wildman–Crippen MR) is 122 cm³/mol. The number of aryl methyl sites for hydroxylation is 3. The number of thiazole rings is 1. The Balaban J connectivity index is 1.78. The van der Waals surface area contributed by atoms with Crippen molar-refractivity contribution in [1.29, 1.82) is 0 Å². The molecule has 2 rings (SSSR count). The van der Waals surface area contributed by atoms with Crippen LogP contribution in [0.15, 0.2) is 18.2 Å². The molecule has 2 amide bonds. The fourth-order valence-electron chi connectivity index (χ4n) is 2.36. The van der Waals surface area contributed by atoms with Crippen molar-refractivity contribution >= 4 is 51.7 Å². The molecule has 162 valence electrons. The van der Waals surface area contributed by atoms with E-state index in [1.54, 1.807) is 6.92 Å². The van der Waals surface area contributed by atoms with Crippen LogP contribution in [0.5, 0.6) is 0 Å². The number of ether oxygens (including phenoxy) is 1. The maximum Gasteiger partial charge on any atom is 0.358 e. The molecule has 1 aromatic carbocycles. The Morgan fingerprint density at radius 2 is 1.73 bits per heavy atom. The summed E-state index contributed by atoms with van der Waals surface area (Å²) in [6.45, 7) is 9.97. The number of anilines is 2. The molecule has 0 aliphatic carbocycles. The van der Waals surface area contributed by atoms with Gasteiger partial charge in [-0.05, 0) is 49.9 Å². The second-order valence-corrected chi connectivity index (χ2v) is 9.49. The Kier molecular flexibility index (Phi) is 8.86. The van der Waals surface area contributed by atoms with Gasteiger partial charge in [0, 0.05) is 10.6 Å². The molecule has 1 aromatic heterocycles. The predicted octanol–water partition coefficient (Wildman–Crippen LogP) is 4.19. The number of carbonyl (C=O) groups is 3. The Hall–Kier alpha value is -2.39. The van der Waals surface area contributed by atoms with Crippen LogP contribution in [-0.4, -0.2) is 40.9 Å². The van der Waals surface area contributed by atoms with Crippen LogP contribution >= 0.6 is 23.1 Å². The first-order valence-electron chi connectivity index (χ1n) is 9.55. The molecule has 1 heterocycles. The zero-order valence-corrected chi connectivity index (χ0v) is 19.5. The fraction of sp³-hybridized carbons (Fsp3) is 0.429. The first-order valence-corrected chi connectivity index (χ1v) is 11.5. The maximum atomic E-state index is 12.1. The third-order valence-corrected chi connectivity index (χ3v) is 5.86. The second kappa shape index (κ2) is 11.1. The molecule has 2 N–H and O–H groups in total. The summed E-state index contributed by atoms with van der Waals surface area (Å²) in [5, 5.41) is 5.83. The van der Waals surface area contributed by atoms with E-state index in [9.17, 15) is 14.4 Å². The minimum Gasteiger partial charge on any atom is -0.461 e. The summed E-state index contributed by atoms with van der Waals surface area (Å²) < 4.78 is 5.19. The maximum absolute atomic E-state index is 12.1. The molecule has 30 heavy (non-hydrogen) atoms. The second-order valence-electron chi connectivity index (χ2n) is 7.30. The number of nitrogens with one attached hydrogen (secondary N) is 2. The lowest BCUT2D eigenvalue weighted by molar-refractivity contribution is -0.114. The fourth-order valence-corrected chi connectivity index (χ4v) is 3.79. The average molecular weight is 450 g/mol. The number of hydrogen-bond acceptors (Lipinski definition) is 7. The number of esters is 1. The van der Waals surface area contributed by atoms with Crippen molar-refractivity contribution in [3.8, 4) is 0 Å². The van der Waals surface area contributed by atoms with Gasteiger partial charge in [-0.25, -0.2) is 9.78 Å². The highest BCUT2D eigenvalue weighted by atomic mass is 32.2. The van der Waals surface area contributed by atoms with Gasteiger partial charge in [-0.1, -0.05) is 19.9 Å². The lowest BCUT2D eigenvalue weighted by atomic mass is 10.1. The van der Waals surface area contributed by atoms with Crippen molar-refractivity contribution in [2.24, 2.45) is 5.92 Å². The number of benzene rings is 1. The van der Waals surface area contributed by atoms with Gasteiger partial charge in [-0.15, -0.1) is 23.1 Å². The topological polar surface area (TPSA) is 97.4 Å². The number of hydrogen-bond donors (Lipinski definition) is 2. The van der Waals surface area contributed by atoms with Crippen molar-refractivity contribution < 1.29 is 19.1 Å². The molecule has 9 heteroatoms. The SMILES string of the molecule is Cc1ccc(NC(=O)CSCC(=O)Nc2nc(C(=O)OCC(C)C)c(C)s2)cc1C. The average Bonchev–Trinajstić information content (AvgIpc) is 3.02. The van der Waals surface area contributed by atoms with Crippen LogP contribution in [0, 0.1) is 26.7 Å². The monoisotopic (exact) mass is 449 g/mol. The van der Waals surface area contributed by atoms with Gasteiger partial charge in [-0.2, -0.15) is 0 Å². The zero-order valence-electron chi connectivity index (χ0n) is 17.8. The summed E-state index contributed by atoms with van der Waals surface area (Å²) >= 11 is 2.42. The highest BCUT2D eigenvalue weighted by molar-refractivity contribution is 8.00. The van der Waals surface area contributed by atoms with E-state index >= 15 is 0 Å². The summed E-state index contributed by atoms with van der Waals surface area (Å²) in [6, 6.07) is 5.72. The molecule has 0 aliphatic heterocycles. The van der Waals surface area contributed by atoms with Crippen LogP contribution in [0.3, 0.4) is 0 Å². The number of rotatable bonds is 9. The van der Waals surface area contributed by atoms with Crippen molar-refractivity contribution in [2.45, 2.75) is 34.6 Å². The standard InChI is InChI=1S/C21H27N3O4S2/c1-12(2)9-28-20(27)19-15(5)30-21(24-19)23-18(26)11-29-10-17(25)22-16-7-6-13(3)14(4)8-16/h6-8,12H,9-11H2,1-5H3,(H,22,25)(H,23,24,26). The Morgan fingerprint density at radius 3 is 2.37 bits per heavy atom. The van der Waals surface area contributed by atoms with Gasteiger partial charge in [0.2, 0.25) is 11.8 Å². The Labute approximate surface area is 185 Å². The van der Waals surface area contributed by atoms with E-state index in [0.717, 1.165) is 16.8 Å². The smallest absolute Gasteiger partial charge is 0.358 e. The molecule has 0 fully saturated rings. The number of nitrogens with zero attached hydrogens (tertiary/aromatic N) is 1. The van der Waals surface area contributed by atoms with Crippen molar-refractivity contribution in [3.05, 3.63) is 39.9 Å². The normalized spacial score (nSPS) is 10.7. The Bertz CT molecular complexity index is 925. The third kappa shape index (κ3) is 7.46. The van der Waals surface area contributed by atoms with E-state index in [1.165, 1.54) is 23.1 Å². The van der Waals surface area contributed by atoms with Gasteiger partial charge in [0.1, 0.15) is 0 Å². The van der Waals surface area contributed by atoms with Gasteiger partial charge in [0.15, 0.2) is 10.8 Å². The molecule has 0 saturated heterocycles. The van der Waals surface area contributed by atoms with Crippen molar-refractivity contribution in [1.82, 2.24) is 4.98 Å². The van der Waals surface area contributed by atoms with Crippen LogP contribution in [0.2, 0.25) is 0 Å². The minimum atomic E-state index is -0.490. The molecular weight excluding hydrogens is 422 g/mol. The summed E-state index contributed by atoms with van der Waals surface area (Å²) in [4.78, 5) is 41.1. The van der Waals surface area contributed by atoms with Gasteiger partial charge >= 0.3 is 5.97 Å². The van der Waals surface area contributed by atoms with Crippen LogP contribution in [-0.2, 0) is 14.3 Å². The van der Waals surface area contributed by atoms with Crippen molar-refractivity contribution in [3.63, 3.8) is 0 Å². The minimum absolute atomic E-state index is 0.103. The van der Waals surface area contributed by atoms with E-state index < -0.39 is 5.97 Å². The lowest BCUT2D eigenvalue weighted by Gasteiger charge is -2.07. The molecule has 7 nitrogen and oxygen atoms in total. The highest BCUT2D eigenvalue weighted by Crippen LogP contribution is 2.23. The zero-order chi connectivity index (χ0) is 22.3. The van der Waals surface area contributed by atoms with E-state index in [2.05, 4.69) is 15.6 Å². The summed E-state index contributed by atoms with van der Waals surface area (Å²) in [6.07, 6.45) is 0. The number of thioether (sulfide) groups is 1.